The molecule has 1 unspecified atom stereocenters. The number of hydrogen-bond donors (Lipinski definition) is 1. The summed E-state index contributed by atoms with van der Waals surface area (Å²) in [5.41, 5.74) is 1.85. The van der Waals surface area contributed by atoms with Crippen LogP contribution in [0.2, 0.25) is 0 Å². The monoisotopic (exact) mass is 362 g/mol. The van der Waals surface area contributed by atoms with Gasteiger partial charge in [0, 0.05) is 12.6 Å². The van der Waals surface area contributed by atoms with E-state index in [-0.39, 0.29) is 0 Å². The van der Waals surface area contributed by atoms with Crippen LogP contribution in [0.3, 0.4) is 0 Å². The molecule has 1 aliphatic rings. The fourth-order valence-corrected chi connectivity index (χ4v) is 3.15. The summed E-state index contributed by atoms with van der Waals surface area (Å²) in [6.45, 7) is 16.2. The summed E-state index contributed by atoms with van der Waals surface area (Å²) < 4.78 is 0. The maximum absolute atomic E-state index is 3.61. The summed E-state index contributed by atoms with van der Waals surface area (Å²) in [6, 6.07) is 11.6. The van der Waals surface area contributed by atoms with E-state index in [4.69, 9.17) is 0 Å². The van der Waals surface area contributed by atoms with Gasteiger partial charge in [-0.25, -0.2) is 0 Å². The normalized spacial score (nSPS) is 15.8. The molecule has 2 heteroatoms. The largest absolute Gasteiger partial charge is 0.313 e. The van der Waals surface area contributed by atoms with Crippen LogP contribution in [0, 0.1) is 5.41 Å². The predicted molar refractivity (Wildman–Crippen MR) is 119 cm³/mol. The van der Waals surface area contributed by atoms with Crippen molar-refractivity contribution in [1.82, 2.24) is 10.2 Å². The van der Waals surface area contributed by atoms with E-state index in [1.165, 1.54) is 50.6 Å². The fourth-order valence-electron chi connectivity index (χ4n) is 3.15. The third-order valence-electron chi connectivity index (χ3n) is 5.70. The van der Waals surface area contributed by atoms with Gasteiger partial charge in [0.25, 0.3) is 0 Å². The van der Waals surface area contributed by atoms with Gasteiger partial charge < -0.3 is 10.2 Å². The molecule has 1 fully saturated rings. The summed E-state index contributed by atoms with van der Waals surface area (Å²) in [6.07, 6.45) is 8.14. The molecule has 0 bridgehead atoms. The maximum Gasteiger partial charge on any atom is 0.0205 e. The molecule has 0 aromatic heterocycles. The first-order chi connectivity index (χ1) is 12.6. The van der Waals surface area contributed by atoms with Gasteiger partial charge in [0.15, 0.2) is 0 Å². The second kappa shape index (κ2) is 15.2. The van der Waals surface area contributed by atoms with Crippen LogP contribution in [0.4, 0.5) is 0 Å². The lowest BCUT2D eigenvalue weighted by atomic mass is 9.80. The standard InChI is InChI=1S/C20H34N2.2C2H6/c1-4-20(2,14-16-22(3)19-11-8-12-19)13-15-21-17-18-9-6-5-7-10-18;2*1-2/h5-7,9-10,19,21H,4,8,11-17H2,1-3H3;2*1-2H3. The number of rotatable bonds is 10. The first-order valence-electron chi connectivity index (χ1n) is 11.1. The minimum Gasteiger partial charge on any atom is -0.313 e. The molecule has 0 saturated heterocycles. The molecular weight excluding hydrogens is 316 g/mol. The van der Waals surface area contributed by atoms with Crippen molar-refractivity contribution in [2.24, 2.45) is 5.41 Å². The second-order valence-corrected chi connectivity index (χ2v) is 7.39. The minimum atomic E-state index is 0.474. The second-order valence-electron chi connectivity index (χ2n) is 7.39. The number of nitrogens with one attached hydrogen (secondary N) is 1. The average molecular weight is 363 g/mol. The van der Waals surface area contributed by atoms with Gasteiger partial charge in [-0.15, -0.1) is 0 Å². The van der Waals surface area contributed by atoms with E-state index in [1.54, 1.807) is 0 Å². The third-order valence-corrected chi connectivity index (χ3v) is 5.70. The summed E-state index contributed by atoms with van der Waals surface area (Å²) in [5, 5.41) is 3.61. The molecule has 0 radical (unpaired) electrons. The fraction of sp³-hybridized carbons (Fsp3) is 0.750. The summed E-state index contributed by atoms with van der Waals surface area (Å²) in [5.74, 6) is 0. The van der Waals surface area contributed by atoms with Crippen LogP contribution < -0.4 is 5.32 Å². The molecular formula is C24H46N2. The topological polar surface area (TPSA) is 15.3 Å². The van der Waals surface area contributed by atoms with Crippen LogP contribution in [0.5, 0.6) is 0 Å². The highest BCUT2D eigenvalue weighted by molar-refractivity contribution is 5.14. The molecule has 0 aliphatic heterocycles. The Morgan fingerprint density at radius 2 is 1.65 bits per heavy atom. The van der Waals surface area contributed by atoms with Gasteiger partial charge in [-0.3, -0.25) is 0 Å². The van der Waals surface area contributed by atoms with Gasteiger partial charge in [0.05, 0.1) is 0 Å². The van der Waals surface area contributed by atoms with E-state index in [9.17, 15) is 0 Å². The Bertz CT molecular complexity index is 413. The Morgan fingerprint density at radius 3 is 2.15 bits per heavy atom. The van der Waals surface area contributed by atoms with Crippen molar-refractivity contribution in [3.8, 4) is 0 Å². The Hall–Kier alpha value is -0.860. The molecule has 1 atom stereocenters. The van der Waals surface area contributed by atoms with Gasteiger partial charge in [0.2, 0.25) is 0 Å². The zero-order valence-corrected chi connectivity index (χ0v) is 18.8. The van der Waals surface area contributed by atoms with E-state index in [2.05, 4.69) is 61.4 Å². The van der Waals surface area contributed by atoms with Crippen LogP contribution >= 0.6 is 0 Å². The number of benzene rings is 1. The number of nitrogens with zero attached hydrogens (tertiary/aromatic N) is 1. The molecule has 1 saturated carbocycles. The Morgan fingerprint density at radius 1 is 1.04 bits per heavy atom. The summed E-state index contributed by atoms with van der Waals surface area (Å²) in [4.78, 5) is 2.59. The van der Waals surface area contributed by atoms with Crippen LogP contribution in [0.25, 0.3) is 0 Å². The highest BCUT2D eigenvalue weighted by Crippen LogP contribution is 2.31. The Balaban J connectivity index is 0.00000146. The third kappa shape index (κ3) is 9.73. The zero-order chi connectivity index (χ0) is 19.8. The van der Waals surface area contributed by atoms with E-state index in [1.807, 2.05) is 27.7 Å². The molecule has 152 valence electrons. The first kappa shape index (κ1) is 25.1. The number of hydrogen-bond acceptors (Lipinski definition) is 2. The molecule has 0 spiro atoms. The van der Waals surface area contributed by atoms with Crippen molar-refractivity contribution in [2.45, 2.75) is 92.7 Å². The molecule has 0 amide bonds. The maximum atomic E-state index is 3.61. The van der Waals surface area contributed by atoms with Crippen molar-refractivity contribution in [3.05, 3.63) is 35.9 Å². The first-order valence-corrected chi connectivity index (χ1v) is 11.1. The molecule has 2 nitrogen and oxygen atoms in total. The van der Waals surface area contributed by atoms with Crippen LogP contribution in [-0.2, 0) is 6.54 Å². The molecule has 1 aromatic rings. The molecule has 0 heterocycles. The lowest BCUT2D eigenvalue weighted by Crippen LogP contribution is -2.39. The molecule has 1 aliphatic carbocycles. The van der Waals surface area contributed by atoms with Crippen molar-refractivity contribution < 1.29 is 0 Å². The smallest absolute Gasteiger partial charge is 0.0205 e. The summed E-state index contributed by atoms with van der Waals surface area (Å²) >= 11 is 0. The zero-order valence-electron chi connectivity index (χ0n) is 18.8. The molecule has 1 aromatic carbocycles. The Labute approximate surface area is 164 Å². The van der Waals surface area contributed by atoms with Crippen LogP contribution in [0.1, 0.15) is 85.6 Å². The molecule has 1 N–H and O–H groups in total. The van der Waals surface area contributed by atoms with Crippen molar-refractivity contribution in [3.63, 3.8) is 0 Å². The molecule has 2 rings (SSSR count). The highest BCUT2D eigenvalue weighted by Gasteiger charge is 2.26. The lowest BCUT2D eigenvalue weighted by molar-refractivity contribution is 0.129. The summed E-state index contributed by atoms with van der Waals surface area (Å²) in [7, 11) is 2.31. The van der Waals surface area contributed by atoms with Gasteiger partial charge in [-0.2, -0.15) is 0 Å². The Kier molecular flexibility index (Phi) is 14.7. The van der Waals surface area contributed by atoms with Gasteiger partial charge in [0.1, 0.15) is 0 Å². The van der Waals surface area contributed by atoms with Crippen LogP contribution in [-0.4, -0.2) is 31.1 Å². The van der Waals surface area contributed by atoms with Crippen molar-refractivity contribution in [2.75, 3.05) is 20.1 Å². The van der Waals surface area contributed by atoms with E-state index >= 15 is 0 Å². The van der Waals surface area contributed by atoms with Gasteiger partial charge in [-0.1, -0.05) is 84.7 Å². The highest BCUT2D eigenvalue weighted by atomic mass is 15.1. The quantitative estimate of drug-likeness (QED) is 0.477. The lowest BCUT2D eigenvalue weighted by Gasteiger charge is -2.37. The van der Waals surface area contributed by atoms with Crippen molar-refractivity contribution in [1.29, 1.82) is 0 Å². The SMILES string of the molecule is CC.CC.CCC(C)(CCNCc1ccccc1)CCN(C)C1CCC1. The van der Waals surface area contributed by atoms with E-state index < -0.39 is 0 Å². The minimum absolute atomic E-state index is 0.474. The van der Waals surface area contributed by atoms with Gasteiger partial charge >= 0.3 is 0 Å². The van der Waals surface area contributed by atoms with E-state index in [0.717, 1.165) is 19.1 Å². The molecule has 26 heavy (non-hydrogen) atoms. The van der Waals surface area contributed by atoms with Crippen molar-refractivity contribution >= 4 is 0 Å². The van der Waals surface area contributed by atoms with Crippen LogP contribution in [0.15, 0.2) is 30.3 Å². The van der Waals surface area contributed by atoms with E-state index in [0.29, 0.717) is 5.41 Å². The predicted octanol–water partition coefficient (Wildman–Crippen LogP) is 6.51. The van der Waals surface area contributed by atoms with Gasteiger partial charge in [-0.05, 0) is 56.8 Å². The average Bonchev–Trinajstić information content (AvgIpc) is 2.66.